The molecule has 1 aliphatic rings. The summed E-state index contributed by atoms with van der Waals surface area (Å²) >= 11 is 0. The summed E-state index contributed by atoms with van der Waals surface area (Å²) in [5, 5.41) is 2.74. The molecule has 1 aromatic carbocycles. The molecule has 0 saturated carbocycles. The van der Waals surface area contributed by atoms with Crippen molar-refractivity contribution in [1.29, 1.82) is 0 Å². The third-order valence-corrected chi connectivity index (χ3v) is 3.62. The summed E-state index contributed by atoms with van der Waals surface area (Å²) in [4.78, 5) is 13.6. The fourth-order valence-electron chi connectivity index (χ4n) is 2.52. The topological polar surface area (TPSA) is 41.6 Å². The van der Waals surface area contributed by atoms with Crippen LogP contribution in [0, 0.1) is 0 Å². The molecule has 1 fully saturated rings. The molecule has 0 atom stereocenters. The molecule has 1 amide bonds. The van der Waals surface area contributed by atoms with Crippen molar-refractivity contribution in [3.63, 3.8) is 0 Å². The number of benzene rings is 1. The number of nitrogens with one attached hydrogen (secondary N) is 1. The highest BCUT2D eigenvalue weighted by molar-refractivity contribution is 5.67. The minimum absolute atomic E-state index is 0.336. The van der Waals surface area contributed by atoms with Crippen LogP contribution < -0.4 is 10.2 Å². The minimum atomic E-state index is -0.336. The summed E-state index contributed by atoms with van der Waals surface area (Å²) in [6, 6.07) is 8.67. The molecule has 0 aromatic heterocycles. The summed E-state index contributed by atoms with van der Waals surface area (Å²) < 4.78 is 4.82. The van der Waals surface area contributed by atoms with Crippen molar-refractivity contribution in [2.45, 2.75) is 32.6 Å². The SMILES string of the molecule is CCOC(=O)NCCc1ccc(N2CCCCC2)cc1. The van der Waals surface area contributed by atoms with E-state index in [9.17, 15) is 4.79 Å². The van der Waals surface area contributed by atoms with Crippen molar-refractivity contribution in [3.8, 4) is 0 Å². The molecule has 2 rings (SSSR count). The van der Waals surface area contributed by atoms with Gasteiger partial charge in [0.2, 0.25) is 0 Å². The summed E-state index contributed by atoms with van der Waals surface area (Å²) in [7, 11) is 0. The van der Waals surface area contributed by atoms with Gasteiger partial charge in [0.1, 0.15) is 0 Å². The standard InChI is InChI=1S/C16H24N2O2/c1-2-20-16(19)17-11-10-14-6-8-15(9-7-14)18-12-4-3-5-13-18/h6-9H,2-5,10-13H2,1H3,(H,17,19). The smallest absolute Gasteiger partial charge is 0.407 e. The molecule has 0 radical (unpaired) electrons. The minimum Gasteiger partial charge on any atom is -0.450 e. The zero-order valence-corrected chi connectivity index (χ0v) is 12.2. The first-order chi connectivity index (χ1) is 9.79. The Morgan fingerprint density at radius 1 is 1.20 bits per heavy atom. The lowest BCUT2D eigenvalue weighted by molar-refractivity contribution is 0.152. The maximum absolute atomic E-state index is 11.2. The Morgan fingerprint density at radius 2 is 1.90 bits per heavy atom. The Hall–Kier alpha value is -1.71. The number of rotatable bonds is 5. The number of amides is 1. The van der Waals surface area contributed by atoms with Crippen LogP contribution in [0.1, 0.15) is 31.7 Å². The number of anilines is 1. The first-order valence-corrected chi connectivity index (χ1v) is 7.54. The van der Waals surface area contributed by atoms with Crippen LogP contribution in [0.4, 0.5) is 10.5 Å². The highest BCUT2D eigenvalue weighted by atomic mass is 16.5. The summed E-state index contributed by atoms with van der Waals surface area (Å²) in [6.45, 7) is 5.17. The maximum atomic E-state index is 11.2. The van der Waals surface area contributed by atoms with Crippen molar-refractivity contribution < 1.29 is 9.53 Å². The second-order valence-electron chi connectivity index (χ2n) is 5.11. The third kappa shape index (κ3) is 4.44. The van der Waals surface area contributed by atoms with E-state index >= 15 is 0 Å². The van der Waals surface area contributed by atoms with Gasteiger partial charge in [-0.15, -0.1) is 0 Å². The number of piperidine rings is 1. The van der Waals surface area contributed by atoms with Crippen LogP contribution in [0.15, 0.2) is 24.3 Å². The monoisotopic (exact) mass is 276 g/mol. The number of hydrogen-bond acceptors (Lipinski definition) is 3. The van der Waals surface area contributed by atoms with E-state index in [0.717, 1.165) is 6.42 Å². The number of carbonyl (C=O) groups is 1. The van der Waals surface area contributed by atoms with E-state index < -0.39 is 0 Å². The van der Waals surface area contributed by atoms with Gasteiger partial charge in [-0.1, -0.05) is 12.1 Å². The average molecular weight is 276 g/mol. The van der Waals surface area contributed by atoms with E-state index in [2.05, 4.69) is 34.5 Å². The van der Waals surface area contributed by atoms with Gasteiger partial charge in [0.25, 0.3) is 0 Å². The molecule has 1 heterocycles. The van der Waals surface area contributed by atoms with Crippen molar-refractivity contribution in [1.82, 2.24) is 5.32 Å². The van der Waals surface area contributed by atoms with Crippen LogP contribution >= 0.6 is 0 Å². The van der Waals surface area contributed by atoms with E-state index in [1.165, 1.54) is 43.6 Å². The van der Waals surface area contributed by atoms with Gasteiger partial charge in [0, 0.05) is 25.3 Å². The van der Waals surface area contributed by atoms with Crippen LogP contribution in [0.5, 0.6) is 0 Å². The predicted molar refractivity (Wildman–Crippen MR) is 81.2 cm³/mol. The Labute approximate surface area is 121 Å². The second-order valence-corrected chi connectivity index (χ2v) is 5.11. The Morgan fingerprint density at radius 3 is 2.55 bits per heavy atom. The third-order valence-electron chi connectivity index (χ3n) is 3.62. The molecular formula is C16H24N2O2. The van der Waals surface area contributed by atoms with E-state index in [1.54, 1.807) is 6.92 Å². The van der Waals surface area contributed by atoms with E-state index in [0.29, 0.717) is 13.2 Å². The summed E-state index contributed by atoms with van der Waals surface area (Å²) in [5.41, 5.74) is 2.55. The van der Waals surface area contributed by atoms with E-state index in [4.69, 9.17) is 4.74 Å². The van der Waals surface area contributed by atoms with Gasteiger partial charge in [-0.2, -0.15) is 0 Å². The van der Waals surface area contributed by atoms with Gasteiger partial charge >= 0.3 is 6.09 Å². The molecule has 0 aliphatic carbocycles. The summed E-state index contributed by atoms with van der Waals surface area (Å²) in [6.07, 6.45) is 4.45. The number of alkyl carbamates (subject to hydrolysis) is 1. The Balaban J connectivity index is 1.77. The molecule has 0 unspecified atom stereocenters. The average Bonchev–Trinajstić information content (AvgIpc) is 2.49. The number of ether oxygens (including phenoxy) is 1. The van der Waals surface area contributed by atoms with Crippen molar-refractivity contribution in [3.05, 3.63) is 29.8 Å². The first-order valence-electron chi connectivity index (χ1n) is 7.54. The molecule has 0 spiro atoms. The molecule has 20 heavy (non-hydrogen) atoms. The second kappa shape index (κ2) is 7.78. The molecule has 110 valence electrons. The molecule has 4 heteroatoms. The Kier molecular flexibility index (Phi) is 5.71. The lowest BCUT2D eigenvalue weighted by Gasteiger charge is -2.28. The molecular weight excluding hydrogens is 252 g/mol. The largest absolute Gasteiger partial charge is 0.450 e. The van der Waals surface area contributed by atoms with Gasteiger partial charge in [-0.05, 0) is 50.3 Å². The van der Waals surface area contributed by atoms with E-state index in [-0.39, 0.29) is 6.09 Å². The van der Waals surface area contributed by atoms with Crippen LogP contribution in [-0.2, 0) is 11.2 Å². The predicted octanol–water partition coefficient (Wildman–Crippen LogP) is 2.97. The van der Waals surface area contributed by atoms with Gasteiger partial charge in [0.05, 0.1) is 6.61 Å². The molecule has 1 aromatic rings. The zero-order valence-electron chi connectivity index (χ0n) is 12.2. The quantitative estimate of drug-likeness (QED) is 0.899. The van der Waals surface area contributed by atoms with Crippen molar-refractivity contribution in [2.75, 3.05) is 31.1 Å². The van der Waals surface area contributed by atoms with Crippen molar-refractivity contribution >= 4 is 11.8 Å². The van der Waals surface area contributed by atoms with E-state index in [1.807, 2.05) is 0 Å². The fraction of sp³-hybridized carbons (Fsp3) is 0.562. The molecule has 0 bridgehead atoms. The van der Waals surface area contributed by atoms with Crippen LogP contribution in [0.3, 0.4) is 0 Å². The number of nitrogens with zero attached hydrogens (tertiary/aromatic N) is 1. The fourth-order valence-corrected chi connectivity index (χ4v) is 2.52. The van der Waals surface area contributed by atoms with Crippen LogP contribution in [-0.4, -0.2) is 32.3 Å². The number of carbonyl (C=O) groups excluding carboxylic acids is 1. The van der Waals surface area contributed by atoms with Gasteiger partial charge in [0.15, 0.2) is 0 Å². The van der Waals surface area contributed by atoms with Gasteiger partial charge < -0.3 is 15.0 Å². The van der Waals surface area contributed by atoms with Crippen molar-refractivity contribution in [2.24, 2.45) is 0 Å². The lowest BCUT2D eigenvalue weighted by Crippen LogP contribution is -2.29. The van der Waals surface area contributed by atoms with Crippen LogP contribution in [0.2, 0.25) is 0 Å². The Bertz CT molecular complexity index is 411. The number of hydrogen-bond donors (Lipinski definition) is 1. The molecule has 4 nitrogen and oxygen atoms in total. The normalized spacial score (nSPS) is 14.9. The highest BCUT2D eigenvalue weighted by Gasteiger charge is 2.10. The zero-order chi connectivity index (χ0) is 14.2. The maximum Gasteiger partial charge on any atom is 0.407 e. The van der Waals surface area contributed by atoms with Crippen LogP contribution in [0.25, 0.3) is 0 Å². The lowest BCUT2D eigenvalue weighted by atomic mass is 10.1. The molecule has 1 saturated heterocycles. The first kappa shape index (κ1) is 14.7. The highest BCUT2D eigenvalue weighted by Crippen LogP contribution is 2.20. The summed E-state index contributed by atoms with van der Waals surface area (Å²) in [5.74, 6) is 0. The van der Waals surface area contributed by atoms with Gasteiger partial charge in [-0.25, -0.2) is 4.79 Å². The molecule has 1 N–H and O–H groups in total. The van der Waals surface area contributed by atoms with Gasteiger partial charge in [-0.3, -0.25) is 0 Å². The molecule has 1 aliphatic heterocycles.